The summed E-state index contributed by atoms with van der Waals surface area (Å²) in [6, 6.07) is 9.09. The van der Waals surface area contributed by atoms with Gasteiger partial charge in [0, 0.05) is 5.25 Å². The molecule has 1 heterocycles. The smallest absolute Gasteiger partial charge is 0.214 e. The van der Waals surface area contributed by atoms with Crippen molar-refractivity contribution in [2.45, 2.75) is 55.9 Å². The van der Waals surface area contributed by atoms with Crippen LogP contribution in [0.1, 0.15) is 45.4 Å². The number of carbonyl (C=O) groups excluding carboxylic acids is 2. The van der Waals surface area contributed by atoms with Crippen molar-refractivity contribution in [1.29, 1.82) is 0 Å². The zero-order chi connectivity index (χ0) is 19.6. The molecular formula is C18H22N4O4S-2. The summed E-state index contributed by atoms with van der Waals surface area (Å²) in [7, 11) is 0. The first kappa shape index (κ1) is 20.9. The molecule has 0 amide bonds. The number of rotatable bonds is 12. The third-order valence-corrected chi connectivity index (χ3v) is 5.45. The standard InChI is InChI=1S/C18H24N4O4S/c1-2-3-4-5-9-12-14(15(16(23)24)17(25)26)27-18-19-20-21-22(18)13-10-7-6-8-11-13/h6-8,10-11,14-15H,2-5,9,12H2,1H3,(H,23,24)(H,25,26)/p-2. The highest BCUT2D eigenvalue weighted by Gasteiger charge is 2.27. The van der Waals surface area contributed by atoms with E-state index in [1.54, 1.807) is 12.1 Å². The predicted molar refractivity (Wildman–Crippen MR) is 95.7 cm³/mol. The fourth-order valence-corrected chi connectivity index (χ4v) is 4.00. The van der Waals surface area contributed by atoms with Crippen molar-refractivity contribution < 1.29 is 19.8 Å². The van der Waals surface area contributed by atoms with E-state index in [0.717, 1.165) is 37.4 Å². The number of carbonyl (C=O) groups is 2. The van der Waals surface area contributed by atoms with Gasteiger partial charge in [-0.3, -0.25) is 0 Å². The molecule has 0 spiro atoms. The van der Waals surface area contributed by atoms with Gasteiger partial charge in [-0.05, 0) is 29.0 Å². The first-order chi connectivity index (χ1) is 13.0. The van der Waals surface area contributed by atoms with Gasteiger partial charge in [0.1, 0.15) is 0 Å². The number of benzene rings is 1. The minimum Gasteiger partial charge on any atom is -0.549 e. The molecule has 0 fully saturated rings. The minimum atomic E-state index is -1.73. The van der Waals surface area contributed by atoms with Crippen LogP contribution < -0.4 is 10.2 Å². The fraction of sp³-hybridized carbons (Fsp3) is 0.500. The van der Waals surface area contributed by atoms with Crippen LogP contribution in [0.15, 0.2) is 35.5 Å². The zero-order valence-corrected chi connectivity index (χ0v) is 15.9. The Kier molecular flexibility index (Phi) is 8.25. The van der Waals surface area contributed by atoms with Crippen LogP contribution >= 0.6 is 11.8 Å². The first-order valence-corrected chi connectivity index (χ1v) is 9.84. The minimum absolute atomic E-state index is 0.326. The molecule has 1 aromatic heterocycles. The van der Waals surface area contributed by atoms with E-state index in [0.29, 0.717) is 23.7 Å². The first-order valence-electron chi connectivity index (χ1n) is 8.96. The monoisotopic (exact) mass is 390 g/mol. The maximum atomic E-state index is 11.4. The summed E-state index contributed by atoms with van der Waals surface area (Å²) >= 11 is 1.03. The summed E-state index contributed by atoms with van der Waals surface area (Å²) in [6.07, 6.45) is 5.21. The van der Waals surface area contributed by atoms with E-state index >= 15 is 0 Å². The molecule has 0 saturated carbocycles. The van der Waals surface area contributed by atoms with E-state index in [2.05, 4.69) is 22.4 Å². The van der Waals surface area contributed by atoms with E-state index < -0.39 is 23.1 Å². The van der Waals surface area contributed by atoms with Crippen LogP contribution in [-0.4, -0.2) is 37.4 Å². The Labute approximate surface area is 162 Å². The summed E-state index contributed by atoms with van der Waals surface area (Å²) in [5, 5.41) is 33.8. The predicted octanol–water partition coefficient (Wildman–Crippen LogP) is 0.599. The topological polar surface area (TPSA) is 124 Å². The Morgan fingerprint density at radius 3 is 2.37 bits per heavy atom. The highest BCUT2D eigenvalue weighted by molar-refractivity contribution is 7.99. The van der Waals surface area contributed by atoms with Gasteiger partial charge in [-0.1, -0.05) is 69.0 Å². The summed E-state index contributed by atoms with van der Waals surface area (Å²) < 4.78 is 1.45. The van der Waals surface area contributed by atoms with Crippen LogP contribution in [0, 0.1) is 5.92 Å². The highest BCUT2D eigenvalue weighted by Crippen LogP contribution is 2.31. The maximum absolute atomic E-state index is 11.4. The molecule has 0 N–H and O–H groups in total. The van der Waals surface area contributed by atoms with E-state index in [1.165, 1.54) is 4.68 Å². The highest BCUT2D eigenvalue weighted by atomic mass is 32.2. The molecule has 0 saturated heterocycles. The molecule has 146 valence electrons. The Balaban J connectivity index is 2.17. The quantitative estimate of drug-likeness (QED) is 0.293. The molecule has 2 rings (SSSR count). The second kappa shape index (κ2) is 10.7. The lowest BCUT2D eigenvalue weighted by Crippen LogP contribution is -2.48. The van der Waals surface area contributed by atoms with Gasteiger partial charge >= 0.3 is 0 Å². The number of aliphatic carboxylic acids is 2. The van der Waals surface area contributed by atoms with E-state index in [1.807, 2.05) is 18.2 Å². The lowest BCUT2D eigenvalue weighted by Gasteiger charge is -2.27. The van der Waals surface area contributed by atoms with Crippen molar-refractivity contribution in [1.82, 2.24) is 20.2 Å². The molecule has 0 bridgehead atoms. The molecule has 9 heteroatoms. The Bertz CT molecular complexity index is 724. The van der Waals surface area contributed by atoms with Crippen LogP contribution in [0.2, 0.25) is 0 Å². The van der Waals surface area contributed by atoms with Gasteiger partial charge in [-0.25, -0.2) is 0 Å². The second-order valence-electron chi connectivity index (χ2n) is 6.18. The second-order valence-corrected chi connectivity index (χ2v) is 7.39. The SMILES string of the molecule is CCCCCCCC(Sc1nnnn1-c1ccccc1)C(C(=O)[O-])C(=O)[O-]. The van der Waals surface area contributed by atoms with E-state index in [4.69, 9.17) is 0 Å². The average Bonchev–Trinajstić information content (AvgIpc) is 3.09. The zero-order valence-electron chi connectivity index (χ0n) is 15.1. The number of para-hydroxylation sites is 1. The van der Waals surface area contributed by atoms with Gasteiger partial charge in [-0.2, -0.15) is 4.68 Å². The van der Waals surface area contributed by atoms with Crippen molar-refractivity contribution in [3.63, 3.8) is 0 Å². The number of aromatic nitrogens is 4. The third kappa shape index (κ3) is 6.06. The molecule has 2 aromatic rings. The van der Waals surface area contributed by atoms with E-state index in [-0.39, 0.29) is 0 Å². The van der Waals surface area contributed by atoms with Crippen molar-refractivity contribution >= 4 is 23.7 Å². The van der Waals surface area contributed by atoms with Gasteiger partial charge in [0.25, 0.3) is 0 Å². The number of hydrogen-bond acceptors (Lipinski definition) is 8. The molecule has 0 aliphatic heterocycles. The number of carboxylic acids is 2. The summed E-state index contributed by atoms with van der Waals surface area (Å²) in [6.45, 7) is 2.10. The molecule has 27 heavy (non-hydrogen) atoms. The molecular weight excluding hydrogens is 368 g/mol. The lowest BCUT2D eigenvalue weighted by molar-refractivity contribution is -0.331. The van der Waals surface area contributed by atoms with Crippen molar-refractivity contribution in [3.05, 3.63) is 30.3 Å². The number of carboxylic acid groups (broad SMARTS) is 2. The molecule has 1 unspecified atom stereocenters. The Morgan fingerprint density at radius 2 is 1.74 bits per heavy atom. The molecule has 1 aromatic carbocycles. The van der Waals surface area contributed by atoms with Crippen LogP contribution in [0.25, 0.3) is 5.69 Å². The number of nitrogens with zero attached hydrogens (tertiary/aromatic N) is 4. The van der Waals surface area contributed by atoms with Gasteiger partial charge in [0.2, 0.25) is 5.16 Å². The fourth-order valence-electron chi connectivity index (χ4n) is 2.76. The summed E-state index contributed by atoms with van der Waals surface area (Å²) in [5.41, 5.74) is 0.699. The summed E-state index contributed by atoms with van der Waals surface area (Å²) in [4.78, 5) is 22.8. The van der Waals surface area contributed by atoms with Crippen molar-refractivity contribution in [3.8, 4) is 5.69 Å². The van der Waals surface area contributed by atoms with Crippen LogP contribution in [0.3, 0.4) is 0 Å². The molecule has 1 atom stereocenters. The van der Waals surface area contributed by atoms with Gasteiger partial charge in [-0.15, -0.1) is 5.10 Å². The normalized spacial score (nSPS) is 12.2. The molecule has 8 nitrogen and oxygen atoms in total. The largest absolute Gasteiger partial charge is 0.549 e. The van der Waals surface area contributed by atoms with Crippen molar-refractivity contribution in [2.75, 3.05) is 0 Å². The Hall–Kier alpha value is -2.42. The Morgan fingerprint density at radius 1 is 1.07 bits per heavy atom. The van der Waals surface area contributed by atoms with Gasteiger partial charge in [0.15, 0.2) is 0 Å². The lowest BCUT2D eigenvalue weighted by atomic mass is 10.00. The number of tetrazole rings is 1. The molecule has 0 aliphatic carbocycles. The van der Waals surface area contributed by atoms with Gasteiger partial charge in [0.05, 0.1) is 23.5 Å². The molecule has 0 aliphatic rings. The molecule has 0 radical (unpaired) electrons. The van der Waals surface area contributed by atoms with Crippen molar-refractivity contribution in [2.24, 2.45) is 5.92 Å². The van der Waals surface area contributed by atoms with Crippen LogP contribution in [-0.2, 0) is 9.59 Å². The van der Waals surface area contributed by atoms with E-state index in [9.17, 15) is 19.8 Å². The third-order valence-electron chi connectivity index (χ3n) is 4.17. The number of hydrogen-bond donors (Lipinski definition) is 0. The summed E-state index contributed by atoms with van der Waals surface area (Å²) in [5.74, 6) is -5.04. The van der Waals surface area contributed by atoms with Crippen LogP contribution in [0.4, 0.5) is 0 Å². The number of thioether (sulfide) groups is 1. The maximum Gasteiger partial charge on any atom is 0.214 e. The van der Waals surface area contributed by atoms with Crippen LogP contribution in [0.5, 0.6) is 0 Å². The number of unbranched alkanes of at least 4 members (excludes halogenated alkanes) is 4. The van der Waals surface area contributed by atoms with Gasteiger partial charge < -0.3 is 19.8 Å². The average molecular weight is 390 g/mol.